The number of ether oxygens (including phenoxy) is 1. The van der Waals surface area contributed by atoms with Gasteiger partial charge < -0.3 is 10.1 Å². The first-order valence-corrected chi connectivity index (χ1v) is 10.3. The zero-order valence-electron chi connectivity index (χ0n) is 15.4. The van der Waals surface area contributed by atoms with E-state index in [1.165, 1.54) is 11.8 Å². The molecule has 27 heavy (non-hydrogen) atoms. The summed E-state index contributed by atoms with van der Waals surface area (Å²) in [6.45, 7) is 6.49. The van der Waals surface area contributed by atoms with Crippen molar-refractivity contribution in [1.29, 1.82) is 0 Å². The van der Waals surface area contributed by atoms with Crippen molar-refractivity contribution in [2.24, 2.45) is 0 Å². The van der Waals surface area contributed by atoms with Gasteiger partial charge >= 0.3 is 0 Å². The Bertz CT molecular complexity index is 908. The Morgan fingerprint density at radius 2 is 1.93 bits per heavy atom. The molecule has 8 heteroatoms. The second-order valence-electron chi connectivity index (χ2n) is 5.70. The van der Waals surface area contributed by atoms with Gasteiger partial charge in [-0.25, -0.2) is 4.98 Å². The van der Waals surface area contributed by atoms with E-state index in [9.17, 15) is 4.79 Å². The molecule has 2 aromatic heterocycles. The summed E-state index contributed by atoms with van der Waals surface area (Å²) in [6.07, 6.45) is 0. The smallest absolute Gasteiger partial charge is 0.234 e. The van der Waals surface area contributed by atoms with Gasteiger partial charge in [0.15, 0.2) is 0 Å². The summed E-state index contributed by atoms with van der Waals surface area (Å²) in [4.78, 5) is 17.6. The Morgan fingerprint density at radius 1 is 1.15 bits per heavy atom. The number of hydrogen-bond donors (Lipinski definition) is 1. The molecule has 0 spiro atoms. The second kappa shape index (κ2) is 8.96. The molecule has 1 N–H and O–H groups in total. The first kappa shape index (κ1) is 19.3. The van der Waals surface area contributed by atoms with Crippen molar-refractivity contribution >= 4 is 34.7 Å². The SMILES string of the molecule is CCOc1ccc(NC(=O)CSc2ccc(-c3sc(C)nc3C)nn2)cc1. The molecule has 0 aliphatic heterocycles. The summed E-state index contributed by atoms with van der Waals surface area (Å²) in [7, 11) is 0. The molecule has 0 bridgehead atoms. The van der Waals surface area contributed by atoms with Gasteiger partial charge in [0.05, 0.1) is 27.9 Å². The number of carbonyl (C=O) groups is 1. The third-order valence-electron chi connectivity index (χ3n) is 3.58. The van der Waals surface area contributed by atoms with E-state index in [1.54, 1.807) is 11.3 Å². The van der Waals surface area contributed by atoms with E-state index in [0.29, 0.717) is 11.6 Å². The molecule has 0 saturated heterocycles. The Morgan fingerprint density at radius 3 is 2.52 bits per heavy atom. The molecule has 0 radical (unpaired) electrons. The largest absolute Gasteiger partial charge is 0.494 e. The topological polar surface area (TPSA) is 77.0 Å². The highest BCUT2D eigenvalue weighted by Gasteiger charge is 2.10. The zero-order chi connectivity index (χ0) is 19.2. The van der Waals surface area contributed by atoms with Crippen LogP contribution in [0.3, 0.4) is 0 Å². The van der Waals surface area contributed by atoms with Gasteiger partial charge in [0.25, 0.3) is 0 Å². The van der Waals surface area contributed by atoms with Crippen LogP contribution in [0.5, 0.6) is 5.75 Å². The van der Waals surface area contributed by atoms with E-state index in [2.05, 4.69) is 20.5 Å². The fourth-order valence-corrected chi connectivity index (χ4v) is 3.92. The zero-order valence-corrected chi connectivity index (χ0v) is 17.0. The van der Waals surface area contributed by atoms with Crippen LogP contribution in [0.2, 0.25) is 0 Å². The van der Waals surface area contributed by atoms with Crippen LogP contribution in [0.25, 0.3) is 10.6 Å². The van der Waals surface area contributed by atoms with E-state index in [1.807, 2.05) is 57.2 Å². The highest BCUT2D eigenvalue weighted by atomic mass is 32.2. The van der Waals surface area contributed by atoms with Crippen molar-refractivity contribution in [2.75, 3.05) is 17.7 Å². The molecule has 1 amide bonds. The molecule has 0 unspecified atom stereocenters. The number of nitrogens with zero attached hydrogens (tertiary/aromatic N) is 3. The number of rotatable bonds is 7. The van der Waals surface area contributed by atoms with Crippen molar-refractivity contribution < 1.29 is 9.53 Å². The first-order valence-electron chi connectivity index (χ1n) is 8.49. The van der Waals surface area contributed by atoms with Gasteiger partial charge in [-0.3, -0.25) is 4.79 Å². The summed E-state index contributed by atoms with van der Waals surface area (Å²) in [6, 6.07) is 11.1. The van der Waals surface area contributed by atoms with Gasteiger partial charge in [0.1, 0.15) is 16.5 Å². The van der Waals surface area contributed by atoms with Crippen LogP contribution < -0.4 is 10.1 Å². The van der Waals surface area contributed by atoms with E-state index >= 15 is 0 Å². The van der Waals surface area contributed by atoms with E-state index < -0.39 is 0 Å². The lowest BCUT2D eigenvalue weighted by molar-refractivity contribution is -0.113. The maximum absolute atomic E-state index is 12.1. The maximum atomic E-state index is 12.1. The number of hydrogen-bond acceptors (Lipinski definition) is 7. The van der Waals surface area contributed by atoms with Crippen molar-refractivity contribution in [3.05, 3.63) is 47.1 Å². The third-order valence-corrected chi connectivity index (χ3v) is 5.59. The van der Waals surface area contributed by atoms with Crippen LogP contribution in [0, 0.1) is 13.8 Å². The molecular weight excluding hydrogens is 380 g/mol. The second-order valence-corrected chi connectivity index (χ2v) is 7.90. The average Bonchev–Trinajstić information content (AvgIpc) is 3.00. The van der Waals surface area contributed by atoms with Crippen molar-refractivity contribution in [2.45, 2.75) is 25.8 Å². The summed E-state index contributed by atoms with van der Waals surface area (Å²) >= 11 is 2.95. The fourth-order valence-electron chi connectivity index (χ4n) is 2.42. The van der Waals surface area contributed by atoms with Crippen LogP contribution in [0.4, 0.5) is 5.69 Å². The molecule has 0 aliphatic carbocycles. The van der Waals surface area contributed by atoms with Crippen molar-refractivity contribution in [3.8, 4) is 16.3 Å². The lowest BCUT2D eigenvalue weighted by Gasteiger charge is -2.07. The maximum Gasteiger partial charge on any atom is 0.234 e. The number of thioether (sulfide) groups is 1. The first-order chi connectivity index (χ1) is 13.0. The Kier molecular flexibility index (Phi) is 6.41. The molecule has 3 rings (SSSR count). The van der Waals surface area contributed by atoms with E-state index in [0.717, 1.165) is 32.7 Å². The molecule has 0 atom stereocenters. The minimum absolute atomic E-state index is 0.0936. The Hall–Kier alpha value is -2.45. The summed E-state index contributed by atoms with van der Waals surface area (Å²) in [5.74, 6) is 0.954. The number of carbonyl (C=O) groups excluding carboxylic acids is 1. The molecular formula is C19H20N4O2S2. The number of benzene rings is 1. The van der Waals surface area contributed by atoms with E-state index in [-0.39, 0.29) is 11.7 Å². The van der Waals surface area contributed by atoms with Crippen molar-refractivity contribution in [1.82, 2.24) is 15.2 Å². The van der Waals surface area contributed by atoms with Crippen LogP contribution in [0.15, 0.2) is 41.4 Å². The molecule has 1 aromatic carbocycles. The monoisotopic (exact) mass is 400 g/mol. The minimum atomic E-state index is -0.0936. The van der Waals surface area contributed by atoms with Crippen molar-refractivity contribution in [3.63, 3.8) is 0 Å². The predicted octanol–water partition coefficient (Wildman–Crippen LogP) is 4.35. The van der Waals surface area contributed by atoms with Crippen LogP contribution in [-0.2, 0) is 4.79 Å². The molecule has 2 heterocycles. The molecule has 140 valence electrons. The number of anilines is 1. The predicted molar refractivity (Wildman–Crippen MR) is 110 cm³/mol. The molecule has 6 nitrogen and oxygen atoms in total. The normalized spacial score (nSPS) is 10.6. The highest BCUT2D eigenvalue weighted by Crippen LogP contribution is 2.28. The van der Waals surface area contributed by atoms with Crippen LogP contribution >= 0.6 is 23.1 Å². The van der Waals surface area contributed by atoms with Crippen LogP contribution in [0.1, 0.15) is 17.6 Å². The number of nitrogens with one attached hydrogen (secondary N) is 1. The molecule has 0 saturated carbocycles. The van der Waals surface area contributed by atoms with Gasteiger partial charge in [-0.2, -0.15) is 0 Å². The molecule has 0 fully saturated rings. The lowest BCUT2D eigenvalue weighted by Crippen LogP contribution is -2.14. The molecule has 0 aliphatic rings. The Balaban J connectivity index is 1.53. The summed E-state index contributed by atoms with van der Waals surface area (Å²) < 4.78 is 5.39. The fraction of sp³-hybridized carbons (Fsp3) is 0.263. The van der Waals surface area contributed by atoms with Gasteiger partial charge in [0.2, 0.25) is 5.91 Å². The lowest BCUT2D eigenvalue weighted by atomic mass is 10.3. The average molecular weight is 401 g/mol. The standard InChI is InChI=1S/C19H20N4O2S2/c1-4-25-15-7-5-14(6-8-15)21-17(24)11-26-18-10-9-16(22-23-18)19-12(2)20-13(3)27-19/h5-10H,4,11H2,1-3H3,(H,21,24). The summed E-state index contributed by atoms with van der Waals surface area (Å²) in [5, 5.41) is 13.1. The van der Waals surface area contributed by atoms with Crippen LogP contribution in [-0.4, -0.2) is 33.4 Å². The quantitative estimate of drug-likeness (QED) is 0.594. The number of amides is 1. The number of aromatic nitrogens is 3. The third kappa shape index (κ3) is 5.27. The molecule has 3 aromatic rings. The number of aryl methyl sites for hydroxylation is 2. The highest BCUT2D eigenvalue weighted by molar-refractivity contribution is 7.99. The van der Waals surface area contributed by atoms with Gasteiger partial charge in [-0.15, -0.1) is 21.5 Å². The Labute approximate surface area is 166 Å². The van der Waals surface area contributed by atoms with Gasteiger partial charge in [-0.05, 0) is 57.2 Å². The van der Waals surface area contributed by atoms with E-state index in [4.69, 9.17) is 4.74 Å². The van der Waals surface area contributed by atoms with Gasteiger partial charge in [-0.1, -0.05) is 11.8 Å². The number of thiazole rings is 1. The minimum Gasteiger partial charge on any atom is -0.494 e. The summed E-state index contributed by atoms with van der Waals surface area (Å²) in [5.41, 5.74) is 2.50. The van der Waals surface area contributed by atoms with Gasteiger partial charge in [0, 0.05) is 5.69 Å².